The molecule has 1 aromatic carbocycles. The van der Waals surface area contributed by atoms with Gasteiger partial charge < -0.3 is 16.8 Å². The van der Waals surface area contributed by atoms with E-state index in [2.05, 4.69) is 10.0 Å². The lowest BCUT2D eigenvalue weighted by molar-refractivity contribution is 0.249. The van der Waals surface area contributed by atoms with E-state index < -0.39 is 31.8 Å². The van der Waals surface area contributed by atoms with Crippen LogP contribution in [0.3, 0.4) is 0 Å². The molecule has 0 bridgehead atoms. The number of nitrogens with two attached hydrogens (primary N) is 2. The first-order valence-electron chi connectivity index (χ1n) is 5.01. The minimum atomic E-state index is -4.12. The monoisotopic (exact) mass is 310 g/mol. The second-order valence-electron chi connectivity index (χ2n) is 3.50. The highest BCUT2D eigenvalue weighted by Crippen LogP contribution is 2.25. The SMILES string of the molecule is NC(=O)NCCNS(=O)(=O)c1cc(N)cc(Cl)c1F. The molecule has 0 aromatic heterocycles. The summed E-state index contributed by atoms with van der Waals surface area (Å²) in [5.74, 6) is -1.09. The molecule has 0 aliphatic rings. The summed E-state index contributed by atoms with van der Waals surface area (Å²) in [5.41, 5.74) is 10.2. The van der Waals surface area contributed by atoms with Gasteiger partial charge in [0.15, 0.2) is 5.82 Å². The number of sulfonamides is 1. The van der Waals surface area contributed by atoms with E-state index in [1.165, 1.54) is 0 Å². The van der Waals surface area contributed by atoms with Gasteiger partial charge in [-0.3, -0.25) is 0 Å². The fraction of sp³-hybridized carbons (Fsp3) is 0.222. The molecule has 0 atom stereocenters. The van der Waals surface area contributed by atoms with Crippen LogP contribution in [0.25, 0.3) is 0 Å². The van der Waals surface area contributed by atoms with E-state index in [-0.39, 0.29) is 18.8 Å². The van der Waals surface area contributed by atoms with Gasteiger partial charge in [0, 0.05) is 18.8 Å². The summed E-state index contributed by atoms with van der Waals surface area (Å²) in [6.45, 7) is -0.191. The van der Waals surface area contributed by atoms with Gasteiger partial charge in [-0.1, -0.05) is 11.6 Å². The third-order valence-electron chi connectivity index (χ3n) is 2.02. The lowest BCUT2D eigenvalue weighted by Crippen LogP contribution is -2.37. The van der Waals surface area contributed by atoms with Gasteiger partial charge in [0.05, 0.1) is 5.02 Å². The molecule has 1 aromatic rings. The van der Waals surface area contributed by atoms with E-state index in [9.17, 15) is 17.6 Å². The fourth-order valence-electron chi connectivity index (χ4n) is 1.23. The third kappa shape index (κ3) is 4.23. The zero-order chi connectivity index (χ0) is 14.6. The van der Waals surface area contributed by atoms with Gasteiger partial charge in [-0.15, -0.1) is 0 Å². The molecule has 6 N–H and O–H groups in total. The van der Waals surface area contributed by atoms with E-state index in [0.29, 0.717) is 0 Å². The molecule has 1 rings (SSSR count). The van der Waals surface area contributed by atoms with Crippen LogP contribution in [0.4, 0.5) is 14.9 Å². The van der Waals surface area contributed by atoms with Crippen molar-refractivity contribution in [3.8, 4) is 0 Å². The van der Waals surface area contributed by atoms with Crippen LogP contribution >= 0.6 is 11.6 Å². The minimum Gasteiger partial charge on any atom is -0.399 e. The van der Waals surface area contributed by atoms with Crippen LogP contribution in [0.2, 0.25) is 5.02 Å². The first kappa shape index (κ1) is 15.5. The van der Waals surface area contributed by atoms with Crippen molar-refractivity contribution < 1.29 is 17.6 Å². The standard InChI is InChI=1S/C9H12ClFN4O3S/c10-6-3-5(12)4-7(8(6)11)19(17,18)15-2-1-14-9(13)16/h3-4,15H,1-2,12H2,(H3,13,14,16). The summed E-state index contributed by atoms with van der Waals surface area (Å²) in [6.07, 6.45) is 0. The Morgan fingerprint density at radius 3 is 2.58 bits per heavy atom. The first-order chi connectivity index (χ1) is 8.74. The Kier molecular flexibility index (Phi) is 4.92. The summed E-state index contributed by atoms with van der Waals surface area (Å²) in [7, 11) is -4.12. The number of anilines is 1. The van der Waals surface area contributed by atoms with Crippen molar-refractivity contribution in [2.45, 2.75) is 4.90 Å². The summed E-state index contributed by atoms with van der Waals surface area (Å²) < 4.78 is 39.3. The average Bonchev–Trinajstić information content (AvgIpc) is 2.29. The smallest absolute Gasteiger partial charge is 0.312 e. The van der Waals surface area contributed by atoms with Crippen molar-refractivity contribution in [3.63, 3.8) is 0 Å². The van der Waals surface area contributed by atoms with E-state index in [1.807, 2.05) is 0 Å². The van der Waals surface area contributed by atoms with Crippen molar-refractivity contribution in [2.24, 2.45) is 5.73 Å². The summed E-state index contributed by atoms with van der Waals surface area (Å²) in [6, 6.07) is 1.26. The van der Waals surface area contributed by atoms with Gasteiger partial charge in [0.2, 0.25) is 10.0 Å². The van der Waals surface area contributed by atoms with Crippen molar-refractivity contribution in [2.75, 3.05) is 18.8 Å². The van der Waals surface area contributed by atoms with Crippen LogP contribution in [-0.4, -0.2) is 27.5 Å². The molecule has 106 valence electrons. The number of benzene rings is 1. The lowest BCUT2D eigenvalue weighted by Gasteiger charge is -2.09. The predicted octanol–water partition coefficient (Wildman–Crippen LogP) is 0.00790. The van der Waals surface area contributed by atoms with E-state index in [0.717, 1.165) is 12.1 Å². The number of primary amides is 1. The van der Waals surface area contributed by atoms with Gasteiger partial charge in [-0.05, 0) is 12.1 Å². The zero-order valence-electron chi connectivity index (χ0n) is 9.61. The second-order valence-corrected chi connectivity index (χ2v) is 5.65. The van der Waals surface area contributed by atoms with Crippen LogP contribution in [-0.2, 0) is 10.0 Å². The maximum absolute atomic E-state index is 13.6. The van der Waals surface area contributed by atoms with Crippen LogP contribution in [0, 0.1) is 5.82 Å². The number of halogens is 2. The molecule has 0 aliphatic carbocycles. The average molecular weight is 311 g/mol. The highest BCUT2D eigenvalue weighted by molar-refractivity contribution is 7.89. The van der Waals surface area contributed by atoms with Crippen molar-refractivity contribution in [1.29, 1.82) is 0 Å². The number of nitrogens with one attached hydrogen (secondary N) is 2. The van der Waals surface area contributed by atoms with Gasteiger partial charge in [0.25, 0.3) is 0 Å². The Balaban J connectivity index is 2.86. The molecular weight excluding hydrogens is 299 g/mol. The Labute approximate surface area is 114 Å². The normalized spacial score (nSPS) is 11.3. The number of urea groups is 1. The first-order valence-corrected chi connectivity index (χ1v) is 6.87. The minimum absolute atomic E-state index is 0.0158. The maximum Gasteiger partial charge on any atom is 0.312 e. The topological polar surface area (TPSA) is 127 Å². The largest absolute Gasteiger partial charge is 0.399 e. The number of hydrogen-bond acceptors (Lipinski definition) is 4. The molecule has 0 aliphatic heterocycles. The van der Waals surface area contributed by atoms with Gasteiger partial charge in [0.1, 0.15) is 4.90 Å². The van der Waals surface area contributed by atoms with Crippen LogP contribution in [0.5, 0.6) is 0 Å². The zero-order valence-corrected chi connectivity index (χ0v) is 11.2. The Morgan fingerprint density at radius 1 is 1.37 bits per heavy atom. The number of nitrogen functional groups attached to an aromatic ring is 1. The van der Waals surface area contributed by atoms with Crippen LogP contribution < -0.4 is 21.5 Å². The van der Waals surface area contributed by atoms with Crippen LogP contribution in [0.1, 0.15) is 0 Å². The molecule has 0 saturated carbocycles. The third-order valence-corrected chi connectivity index (χ3v) is 3.76. The molecule has 10 heteroatoms. The molecular formula is C9H12ClFN4O3S. The number of carbonyl (C=O) groups excluding carboxylic acids is 1. The summed E-state index contributed by atoms with van der Waals surface area (Å²) in [4.78, 5) is 9.72. The fourth-order valence-corrected chi connectivity index (χ4v) is 2.68. The summed E-state index contributed by atoms with van der Waals surface area (Å²) in [5, 5.41) is 1.78. The van der Waals surface area contributed by atoms with Crippen molar-refractivity contribution in [1.82, 2.24) is 10.0 Å². The predicted molar refractivity (Wildman–Crippen MR) is 68.6 cm³/mol. The van der Waals surface area contributed by atoms with E-state index in [1.54, 1.807) is 0 Å². The van der Waals surface area contributed by atoms with Crippen LogP contribution in [0.15, 0.2) is 17.0 Å². The molecule has 0 spiro atoms. The molecule has 0 unspecified atom stereocenters. The Bertz CT molecular complexity index is 593. The molecule has 0 heterocycles. The number of hydrogen-bond donors (Lipinski definition) is 4. The summed E-state index contributed by atoms with van der Waals surface area (Å²) >= 11 is 5.51. The maximum atomic E-state index is 13.6. The van der Waals surface area contributed by atoms with E-state index >= 15 is 0 Å². The van der Waals surface area contributed by atoms with E-state index in [4.69, 9.17) is 23.1 Å². The lowest BCUT2D eigenvalue weighted by atomic mass is 10.3. The van der Waals surface area contributed by atoms with Gasteiger partial charge in [-0.25, -0.2) is 22.3 Å². The molecule has 0 radical (unpaired) electrons. The second kappa shape index (κ2) is 6.04. The Hall–Kier alpha value is -1.58. The molecule has 0 saturated heterocycles. The van der Waals surface area contributed by atoms with Gasteiger partial charge in [-0.2, -0.15) is 0 Å². The number of carbonyl (C=O) groups is 1. The molecule has 0 fully saturated rings. The number of rotatable bonds is 5. The molecule has 2 amide bonds. The Morgan fingerprint density at radius 2 is 2.00 bits per heavy atom. The highest BCUT2D eigenvalue weighted by atomic mass is 35.5. The van der Waals surface area contributed by atoms with Gasteiger partial charge >= 0.3 is 6.03 Å². The van der Waals surface area contributed by atoms with Crippen molar-refractivity contribution in [3.05, 3.63) is 23.0 Å². The van der Waals surface area contributed by atoms with Crippen molar-refractivity contribution >= 4 is 33.3 Å². The molecule has 19 heavy (non-hydrogen) atoms. The highest BCUT2D eigenvalue weighted by Gasteiger charge is 2.21. The number of amides is 2. The quantitative estimate of drug-likeness (QED) is 0.451. The molecule has 7 nitrogen and oxygen atoms in total.